The number of aryl methyl sites for hydroxylation is 1. The van der Waals surface area contributed by atoms with E-state index in [1.165, 1.54) is 0 Å². The molecule has 1 aromatic carbocycles. The zero-order valence-corrected chi connectivity index (χ0v) is 12.7. The molecule has 1 heterocycles. The number of nitrogens with one attached hydrogen (secondary N) is 1. The van der Waals surface area contributed by atoms with Gasteiger partial charge in [0.2, 0.25) is 0 Å². The summed E-state index contributed by atoms with van der Waals surface area (Å²) in [6, 6.07) is 10.9. The van der Waals surface area contributed by atoms with Crippen molar-refractivity contribution in [2.45, 2.75) is 6.92 Å². The minimum atomic E-state index is -0.188. The number of hydrogen-bond donors (Lipinski definition) is 1. The molecule has 3 nitrogen and oxygen atoms in total. The zero-order chi connectivity index (χ0) is 13.1. The van der Waals surface area contributed by atoms with Gasteiger partial charge in [0.1, 0.15) is 10.4 Å². The van der Waals surface area contributed by atoms with E-state index < -0.39 is 0 Å². The average Bonchev–Trinajstić information content (AvgIpc) is 2.28. The van der Waals surface area contributed by atoms with Gasteiger partial charge < -0.3 is 5.32 Å². The van der Waals surface area contributed by atoms with Crippen molar-refractivity contribution in [3.8, 4) is 0 Å². The third kappa shape index (κ3) is 3.17. The van der Waals surface area contributed by atoms with Gasteiger partial charge >= 0.3 is 0 Å². The molecule has 1 amide bonds. The highest BCUT2D eigenvalue weighted by atomic mass is 79.9. The van der Waals surface area contributed by atoms with Crippen molar-refractivity contribution in [1.29, 1.82) is 0 Å². The maximum atomic E-state index is 12.1. The van der Waals surface area contributed by atoms with Crippen LogP contribution in [0.2, 0.25) is 0 Å². The molecule has 1 N–H and O–H groups in total. The molecule has 18 heavy (non-hydrogen) atoms. The van der Waals surface area contributed by atoms with E-state index in [1.807, 2.05) is 25.1 Å². The van der Waals surface area contributed by atoms with Gasteiger partial charge in [-0.2, -0.15) is 0 Å². The first-order valence-corrected chi connectivity index (χ1v) is 6.85. The van der Waals surface area contributed by atoms with Crippen molar-refractivity contribution < 1.29 is 4.79 Å². The maximum absolute atomic E-state index is 12.1. The van der Waals surface area contributed by atoms with E-state index in [-0.39, 0.29) is 5.91 Å². The fourth-order valence-electron chi connectivity index (χ4n) is 1.47. The SMILES string of the molecule is Cc1ccc(C(=O)Nc2cccc(Br)n2)c(Br)c1. The van der Waals surface area contributed by atoms with E-state index in [2.05, 4.69) is 42.2 Å². The van der Waals surface area contributed by atoms with E-state index in [9.17, 15) is 4.79 Å². The van der Waals surface area contributed by atoms with Crippen molar-refractivity contribution in [3.63, 3.8) is 0 Å². The predicted molar refractivity (Wildman–Crippen MR) is 78.8 cm³/mol. The third-order valence-corrected chi connectivity index (χ3v) is 3.42. The van der Waals surface area contributed by atoms with Gasteiger partial charge in [-0.05, 0) is 68.6 Å². The van der Waals surface area contributed by atoms with Crippen molar-refractivity contribution in [2.24, 2.45) is 0 Å². The fourth-order valence-corrected chi connectivity index (χ4v) is 2.48. The molecule has 0 bridgehead atoms. The van der Waals surface area contributed by atoms with Gasteiger partial charge in [0, 0.05) is 4.47 Å². The Hall–Kier alpha value is -1.20. The molecule has 0 unspecified atom stereocenters. The first-order chi connectivity index (χ1) is 8.56. The Labute approximate surface area is 122 Å². The van der Waals surface area contributed by atoms with Crippen LogP contribution in [0, 0.1) is 6.92 Å². The molecule has 2 rings (SSSR count). The van der Waals surface area contributed by atoms with Crippen LogP contribution in [0.5, 0.6) is 0 Å². The Bertz CT molecular complexity index is 599. The summed E-state index contributed by atoms with van der Waals surface area (Å²) in [5.41, 5.74) is 1.68. The van der Waals surface area contributed by atoms with Crippen LogP contribution in [0.3, 0.4) is 0 Å². The van der Waals surface area contributed by atoms with Gasteiger partial charge in [-0.25, -0.2) is 4.98 Å². The van der Waals surface area contributed by atoms with Crippen LogP contribution >= 0.6 is 31.9 Å². The van der Waals surface area contributed by atoms with E-state index in [0.717, 1.165) is 10.0 Å². The lowest BCUT2D eigenvalue weighted by molar-refractivity contribution is 0.102. The van der Waals surface area contributed by atoms with Gasteiger partial charge in [-0.15, -0.1) is 0 Å². The Morgan fingerprint density at radius 1 is 1.22 bits per heavy atom. The number of pyridine rings is 1. The Kier molecular flexibility index (Phi) is 4.14. The number of anilines is 1. The van der Waals surface area contributed by atoms with Crippen molar-refractivity contribution in [2.75, 3.05) is 5.32 Å². The number of carbonyl (C=O) groups excluding carboxylic acids is 1. The lowest BCUT2D eigenvalue weighted by Crippen LogP contribution is -2.13. The molecular formula is C13H10Br2N2O. The molecule has 0 aliphatic rings. The summed E-state index contributed by atoms with van der Waals surface area (Å²) < 4.78 is 1.46. The van der Waals surface area contributed by atoms with Crippen LogP contribution < -0.4 is 5.32 Å². The topological polar surface area (TPSA) is 42.0 Å². The summed E-state index contributed by atoms with van der Waals surface area (Å²) in [5.74, 6) is 0.328. The molecule has 5 heteroatoms. The summed E-state index contributed by atoms with van der Waals surface area (Å²) >= 11 is 6.65. The van der Waals surface area contributed by atoms with Gasteiger partial charge in [0.15, 0.2) is 0 Å². The van der Waals surface area contributed by atoms with Gasteiger partial charge in [0.05, 0.1) is 5.56 Å². The number of benzene rings is 1. The van der Waals surface area contributed by atoms with Gasteiger partial charge in [0.25, 0.3) is 5.91 Å². The van der Waals surface area contributed by atoms with Crippen molar-refractivity contribution in [1.82, 2.24) is 4.98 Å². The molecule has 0 fully saturated rings. The summed E-state index contributed by atoms with van der Waals surface area (Å²) in [7, 11) is 0. The molecular weight excluding hydrogens is 360 g/mol. The molecule has 0 aliphatic carbocycles. The minimum absolute atomic E-state index is 0.188. The third-order valence-electron chi connectivity index (χ3n) is 2.33. The first-order valence-electron chi connectivity index (χ1n) is 5.26. The normalized spacial score (nSPS) is 10.2. The molecule has 0 radical (unpaired) electrons. The van der Waals surface area contributed by atoms with Crippen LogP contribution in [-0.4, -0.2) is 10.9 Å². The number of carbonyl (C=O) groups is 1. The van der Waals surface area contributed by atoms with Crippen LogP contribution in [0.15, 0.2) is 45.5 Å². The lowest BCUT2D eigenvalue weighted by atomic mass is 10.1. The number of aromatic nitrogens is 1. The van der Waals surface area contributed by atoms with Crippen LogP contribution in [-0.2, 0) is 0 Å². The Balaban J connectivity index is 2.22. The van der Waals surface area contributed by atoms with E-state index in [0.29, 0.717) is 16.0 Å². The average molecular weight is 370 g/mol. The Morgan fingerprint density at radius 3 is 2.67 bits per heavy atom. The number of amides is 1. The smallest absolute Gasteiger partial charge is 0.257 e. The van der Waals surface area contributed by atoms with Crippen LogP contribution in [0.25, 0.3) is 0 Å². The Morgan fingerprint density at radius 2 is 2.00 bits per heavy atom. The second-order valence-electron chi connectivity index (χ2n) is 3.78. The number of halogens is 2. The summed E-state index contributed by atoms with van der Waals surface area (Å²) in [6.45, 7) is 1.97. The van der Waals surface area contributed by atoms with Crippen LogP contribution in [0.1, 0.15) is 15.9 Å². The second kappa shape index (κ2) is 5.63. The standard InChI is InChI=1S/C13H10Br2N2O/c1-8-5-6-9(10(14)7-8)13(18)17-12-4-2-3-11(15)16-12/h2-7H,1H3,(H,16,17,18). The second-order valence-corrected chi connectivity index (χ2v) is 5.45. The highest BCUT2D eigenvalue weighted by Crippen LogP contribution is 2.20. The maximum Gasteiger partial charge on any atom is 0.257 e. The molecule has 0 saturated carbocycles. The highest BCUT2D eigenvalue weighted by molar-refractivity contribution is 9.10. The van der Waals surface area contributed by atoms with E-state index in [4.69, 9.17) is 0 Å². The molecule has 0 saturated heterocycles. The van der Waals surface area contributed by atoms with Crippen LogP contribution in [0.4, 0.5) is 5.82 Å². The van der Waals surface area contributed by atoms with Gasteiger partial charge in [-0.3, -0.25) is 4.79 Å². The minimum Gasteiger partial charge on any atom is -0.306 e. The largest absolute Gasteiger partial charge is 0.306 e. The number of rotatable bonds is 2. The van der Waals surface area contributed by atoms with Crippen molar-refractivity contribution >= 4 is 43.6 Å². The molecule has 92 valence electrons. The van der Waals surface area contributed by atoms with E-state index in [1.54, 1.807) is 18.2 Å². The number of nitrogens with zero attached hydrogens (tertiary/aromatic N) is 1. The van der Waals surface area contributed by atoms with Gasteiger partial charge in [-0.1, -0.05) is 12.1 Å². The zero-order valence-electron chi connectivity index (χ0n) is 9.58. The summed E-state index contributed by atoms with van der Waals surface area (Å²) in [4.78, 5) is 16.2. The molecule has 0 atom stereocenters. The summed E-state index contributed by atoms with van der Waals surface area (Å²) in [6.07, 6.45) is 0. The fraction of sp³-hybridized carbons (Fsp3) is 0.0769. The summed E-state index contributed by atoms with van der Waals surface area (Å²) in [5, 5.41) is 2.75. The first kappa shape index (κ1) is 13.2. The molecule has 0 aliphatic heterocycles. The highest BCUT2D eigenvalue weighted by Gasteiger charge is 2.10. The molecule has 2 aromatic rings. The van der Waals surface area contributed by atoms with E-state index >= 15 is 0 Å². The van der Waals surface area contributed by atoms with Crippen molar-refractivity contribution in [3.05, 3.63) is 56.6 Å². The molecule has 0 spiro atoms. The number of hydrogen-bond acceptors (Lipinski definition) is 2. The molecule has 1 aromatic heterocycles. The lowest BCUT2D eigenvalue weighted by Gasteiger charge is -2.07. The monoisotopic (exact) mass is 368 g/mol. The quantitative estimate of drug-likeness (QED) is 0.807. The predicted octanol–water partition coefficient (Wildman–Crippen LogP) is 4.17.